The lowest BCUT2D eigenvalue weighted by atomic mass is 10.1. The molecule has 4 aromatic rings. The third kappa shape index (κ3) is 5.48. The average molecular weight is 473 g/mol. The molecule has 0 amide bonds. The molecule has 2 aromatic carbocycles. The largest absolute Gasteiger partial charge is 0.391 e. The minimum absolute atomic E-state index is 0.0654. The van der Waals surface area contributed by atoms with Gasteiger partial charge in [-0.05, 0) is 80.2 Å². The number of hydrogen-bond acceptors (Lipinski definition) is 6. The van der Waals surface area contributed by atoms with Crippen LogP contribution in [0, 0.1) is 5.92 Å². The van der Waals surface area contributed by atoms with Gasteiger partial charge in [-0.15, -0.1) is 0 Å². The lowest BCUT2D eigenvalue weighted by molar-refractivity contribution is 0.136. The van der Waals surface area contributed by atoms with Crippen LogP contribution >= 0.6 is 0 Å². The van der Waals surface area contributed by atoms with Crippen molar-refractivity contribution in [3.05, 3.63) is 66.6 Å². The Kier molecular flexibility index (Phi) is 7.57. The summed E-state index contributed by atoms with van der Waals surface area (Å²) in [4.78, 5) is 8.76. The molecule has 1 saturated carbocycles. The summed E-state index contributed by atoms with van der Waals surface area (Å²) in [5, 5.41) is 24.7. The number of nitrogens with one attached hydrogen (secondary N) is 3. The molecule has 7 heteroatoms. The van der Waals surface area contributed by atoms with Gasteiger partial charge >= 0.3 is 0 Å². The van der Waals surface area contributed by atoms with Crippen molar-refractivity contribution < 1.29 is 5.11 Å². The summed E-state index contributed by atoms with van der Waals surface area (Å²) in [5.41, 5.74) is 2.27. The van der Waals surface area contributed by atoms with Crippen molar-refractivity contribution in [2.24, 2.45) is 5.92 Å². The monoisotopic (exact) mass is 472 g/mol. The summed E-state index contributed by atoms with van der Waals surface area (Å²) in [7, 11) is 1.87. The molecule has 0 radical (unpaired) electrons. The Balaban J connectivity index is 1.00. The van der Waals surface area contributed by atoms with Gasteiger partial charge in [0.1, 0.15) is 17.8 Å². The molecule has 0 aliphatic heterocycles. The van der Waals surface area contributed by atoms with Crippen molar-refractivity contribution in [3.63, 3.8) is 0 Å². The van der Waals surface area contributed by atoms with Crippen molar-refractivity contribution >= 4 is 27.6 Å². The molecule has 3 atom stereocenters. The molecule has 2 heterocycles. The van der Waals surface area contributed by atoms with E-state index in [0.29, 0.717) is 5.92 Å². The highest BCUT2D eigenvalue weighted by atomic mass is 16.3. The van der Waals surface area contributed by atoms with E-state index in [-0.39, 0.29) is 12.1 Å². The third-order valence-corrected chi connectivity index (χ3v) is 7.24. The second kappa shape index (κ2) is 11.2. The Hall–Kier alpha value is -3.00. The zero-order chi connectivity index (χ0) is 24.0. The predicted molar refractivity (Wildman–Crippen MR) is 143 cm³/mol. The molecular formula is C28H36N6O. The van der Waals surface area contributed by atoms with Crippen LogP contribution in [0.3, 0.4) is 0 Å². The first-order valence-electron chi connectivity index (χ1n) is 12.8. The first-order chi connectivity index (χ1) is 17.2. The fraction of sp³-hybridized carbons (Fsp3) is 0.429. The van der Waals surface area contributed by atoms with Gasteiger partial charge in [0.15, 0.2) is 0 Å². The molecule has 5 rings (SSSR count). The van der Waals surface area contributed by atoms with Gasteiger partial charge in [0.05, 0.1) is 17.5 Å². The second-order valence-electron chi connectivity index (χ2n) is 9.64. The molecule has 0 saturated heterocycles. The van der Waals surface area contributed by atoms with Crippen LogP contribution in [-0.2, 0) is 6.42 Å². The number of aliphatic hydroxyl groups excluding tert-OH is 1. The van der Waals surface area contributed by atoms with Gasteiger partial charge in [0, 0.05) is 13.2 Å². The lowest BCUT2D eigenvalue weighted by Gasteiger charge is -2.17. The molecule has 7 nitrogen and oxygen atoms in total. The Bertz CT molecular complexity index is 1250. The predicted octanol–water partition coefficient (Wildman–Crippen LogP) is 3.75. The maximum atomic E-state index is 10.8. The normalized spacial score (nSPS) is 20.1. The van der Waals surface area contributed by atoms with Gasteiger partial charge in [0.2, 0.25) is 0 Å². The Morgan fingerprint density at radius 1 is 0.971 bits per heavy atom. The number of anilines is 1. The standard InChI is InChI=1S/C28H36N6O/c1-29-27-24-10-14-34(28(24)33-19-32-27)25-16-21(17-26(25)35)18-31-12-4-11-30-13-9-20-7-8-22-5-2-3-6-23(22)15-20/h2-3,5-8,10,14-15,19,21,25-26,30-31,35H,4,9,11-13,16-18H2,1H3,(H,29,32,33)/t21-,25+,26+/m0/s1. The Morgan fingerprint density at radius 2 is 1.83 bits per heavy atom. The van der Waals surface area contributed by atoms with Crippen LogP contribution in [0.15, 0.2) is 61.1 Å². The molecule has 2 aromatic heterocycles. The van der Waals surface area contributed by atoms with E-state index >= 15 is 0 Å². The quantitative estimate of drug-likeness (QED) is 0.249. The van der Waals surface area contributed by atoms with Gasteiger partial charge in [-0.2, -0.15) is 0 Å². The molecule has 184 valence electrons. The first kappa shape index (κ1) is 23.7. The fourth-order valence-electron chi connectivity index (χ4n) is 5.39. The van der Waals surface area contributed by atoms with Gasteiger partial charge in [-0.3, -0.25) is 0 Å². The smallest absolute Gasteiger partial charge is 0.145 e. The second-order valence-corrected chi connectivity index (χ2v) is 9.64. The Labute approximate surface area is 207 Å². The van der Waals surface area contributed by atoms with E-state index in [0.717, 1.165) is 68.7 Å². The van der Waals surface area contributed by atoms with Crippen molar-refractivity contribution in [2.75, 3.05) is 38.5 Å². The maximum Gasteiger partial charge on any atom is 0.145 e. The van der Waals surface area contributed by atoms with Crippen LogP contribution in [-0.4, -0.2) is 59.0 Å². The minimum atomic E-state index is -0.345. The zero-order valence-corrected chi connectivity index (χ0v) is 20.5. The number of aromatic nitrogens is 3. The highest BCUT2D eigenvalue weighted by molar-refractivity contribution is 5.87. The highest BCUT2D eigenvalue weighted by Gasteiger charge is 2.34. The summed E-state index contributed by atoms with van der Waals surface area (Å²) in [6.07, 6.45) is 7.21. The topological polar surface area (TPSA) is 87.0 Å². The van der Waals surface area contributed by atoms with E-state index in [2.05, 4.69) is 72.9 Å². The SMILES string of the molecule is CNc1ncnc2c1ccn2[C@@H]1C[C@H](CNCCCNCCc2ccc3ccccc3c2)C[C@H]1O. The van der Waals surface area contributed by atoms with E-state index in [1.54, 1.807) is 6.33 Å². The molecule has 1 aliphatic rings. The lowest BCUT2D eigenvalue weighted by Crippen LogP contribution is -2.26. The van der Waals surface area contributed by atoms with Crippen molar-refractivity contribution in [1.82, 2.24) is 25.2 Å². The highest BCUT2D eigenvalue weighted by Crippen LogP contribution is 2.37. The van der Waals surface area contributed by atoms with E-state index < -0.39 is 0 Å². The van der Waals surface area contributed by atoms with Crippen LogP contribution in [0.4, 0.5) is 5.82 Å². The molecule has 4 N–H and O–H groups in total. The van der Waals surface area contributed by atoms with E-state index in [9.17, 15) is 5.11 Å². The van der Waals surface area contributed by atoms with Crippen molar-refractivity contribution in [3.8, 4) is 0 Å². The summed E-state index contributed by atoms with van der Waals surface area (Å²) < 4.78 is 2.13. The molecule has 0 spiro atoms. The molecule has 1 fully saturated rings. The Morgan fingerprint density at radius 3 is 2.71 bits per heavy atom. The van der Waals surface area contributed by atoms with Crippen LogP contribution in [0.2, 0.25) is 0 Å². The van der Waals surface area contributed by atoms with Crippen LogP contribution in [0.25, 0.3) is 21.8 Å². The molecule has 1 aliphatic carbocycles. The van der Waals surface area contributed by atoms with Gasteiger partial charge in [-0.25, -0.2) is 9.97 Å². The van der Waals surface area contributed by atoms with Gasteiger partial charge in [0.25, 0.3) is 0 Å². The zero-order valence-electron chi connectivity index (χ0n) is 20.5. The summed E-state index contributed by atoms with van der Waals surface area (Å²) in [6, 6.07) is 17.4. The third-order valence-electron chi connectivity index (χ3n) is 7.24. The van der Waals surface area contributed by atoms with Crippen LogP contribution in [0.5, 0.6) is 0 Å². The summed E-state index contributed by atoms with van der Waals surface area (Å²) >= 11 is 0. The molecule has 0 unspecified atom stereocenters. The molecular weight excluding hydrogens is 436 g/mol. The number of benzene rings is 2. The van der Waals surface area contributed by atoms with Gasteiger partial charge in [-0.1, -0.05) is 42.5 Å². The summed E-state index contributed by atoms with van der Waals surface area (Å²) in [5.74, 6) is 1.30. The maximum absolute atomic E-state index is 10.8. The summed E-state index contributed by atoms with van der Waals surface area (Å²) in [6.45, 7) is 3.95. The number of fused-ring (bicyclic) bond motifs is 2. The fourth-order valence-corrected chi connectivity index (χ4v) is 5.39. The van der Waals surface area contributed by atoms with Crippen molar-refractivity contribution in [1.29, 1.82) is 0 Å². The van der Waals surface area contributed by atoms with E-state index in [1.165, 1.54) is 16.3 Å². The number of rotatable bonds is 11. The van der Waals surface area contributed by atoms with E-state index in [4.69, 9.17) is 0 Å². The molecule has 35 heavy (non-hydrogen) atoms. The number of hydrogen-bond donors (Lipinski definition) is 4. The number of aliphatic hydroxyl groups is 1. The number of nitrogens with zero attached hydrogens (tertiary/aromatic N) is 3. The first-order valence-corrected chi connectivity index (χ1v) is 12.8. The van der Waals surface area contributed by atoms with Crippen LogP contribution < -0.4 is 16.0 Å². The van der Waals surface area contributed by atoms with Crippen molar-refractivity contribution in [2.45, 2.75) is 37.8 Å². The minimum Gasteiger partial charge on any atom is -0.391 e. The van der Waals surface area contributed by atoms with Gasteiger partial charge < -0.3 is 25.6 Å². The van der Waals surface area contributed by atoms with Crippen LogP contribution in [0.1, 0.15) is 30.9 Å². The average Bonchev–Trinajstić information content (AvgIpc) is 3.48. The molecule has 0 bridgehead atoms. The van der Waals surface area contributed by atoms with E-state index in [1.807, 2.05) is 19.3 Å².